The van der Waals surface area contributed by atoms with Gasteiger partial charge >= 0.3 is 6.18 Å². The average molecular weight is 323 g/mol. The maximum atomic E-state index is 12.8. The van der Waals surface area contributed by atoms with Gasteiger partial charge in [-0.1, -0.05) is 0 Å². The maximum Gasteiger partial charge on any atom is 0.433 e. The molecule has 0 atom stereocenters. The molecule has 1 aliphatic carbocycles. The van der Waals surface area contributed by atoms with Crippen LogP contribution in [0.4, 0.5) is 13.2 Å². The Labute approximate surface area is 130 Å². The minimum atomic E-state index is -4.42. The zero-order chi connectivity index (χ0) is 16.2. The van der Waals surface area contributed by atoms with Gasteiger partial charge in [-0.15, -0.1) is 0 Å². The molecule has 23 heavy (non-hydrogen) atoms. The van der Waals surface area contributed by atoms with Crippen molar-refractivity contribution in [2.24, 2.45) is 11.3 Å². The fourth-order valence-electron chi connectivity index (χ4n) is 4.09. The summed E-state index contributed by atoms with van der Waals surface area (Å²) in [5.74, 6) is 0.441. The van der Waals surface area contributed by atoms with Crippen LogP contribution in [-0.4, -0.2) is 34.0 Å². The lowest BCUT2D eigenvalue weighted by Crippen LogP contribution is -2.62. The number of hydrogen-bond acceptors (Lipinski definition) is 2. The third kappa shape index (κ3) is 2.38. The van der Waals surface area contributed by atoms with Crippen molar-refractivity contribution >= 4 is 17.4 Å². The van der Waals surface area contributed by atoms with Gasteiger partial charge in [0.2, 0.25) is 6.41 Å². The van der Waals surface area contributed by atoms with Gasteiger partial charge < -0.3 is 9.47 Å². The number of fused-ring (bicyclic) bond motifs is 1. The molecular formula is C16H16F3N3O. The molecule has 1 saturated carbocycles. The van der Waals surface area contributed by atoms with Gasteiger partial charge in [-0.3, -0.25) is 4.79 Å². The van der Waals surface area contributed by atoms with E-state index >= 15 is 0 Å². The molecule has 0 unspecified atom stereocenters. The zero-order valence-electron chi connectivity index (χ0n) is 12.4. The summed E-state index contributed by atoms with van der Waals surface area (Å²) >= 11 is 0. The second-order valence-electron chi connectivity index (χ2n) is 6.86. The van der Waals surface area contributed by atoms with E-state index in [1.165, 1.54) is 6.07 Å². The normalized spacial score (nSPS) is 20.6. The van der Waals surface area contributed by atoms with Gasteiger partial charge in [0, 0.05) is 36.6 Å². The quantitative estimate of drug-likeness (QED) is 0.815. The Morgan fingerprint density at radius 1 is 1.26 bits per heavy atom. The zero-order valence-corrected chi connectivity index (χ0v) is 12.4. The van der Waals surface area contributed by atoms with E-state index in [0.29, 0.717) is 18.1 Å². The molecule has 0 N–H and O–H groups in total. The van der Waals surface area contributed by atoms with Crippen molar-refractivity contribution in [3.63, 3.8) is 0 Å². The number of halogens is 3. The Hall–Kier alpha value is -2.05. The van der Waals surface area contributed by atoms with Gasteiger partial charge in [-0.2, -0.15) is 13.2 Å². The SMILES string of the molecule is O=CN1CC2(CC(Cn3ccc4ccc(C(F)(F)F)nc43)C2)C1. The summed E-state index contributed by atoms with van der Waals surface area (Å²) in [4.78, 5) is 16.2. The molecule has 1 amide bonds. The van der Waals surface area contributed by atoms with Crippen LogP contribution in [0.3, 0.4) is 0 Å². The number of nitrogens with zero attached hydrogens (tertiary/aromatic N) is 3. The van der Waals surface area contributed by atoms with E-state index in [1.54, 1.807) is 17.2 Å². The Morgan fingerprint density at radius 2 is 2.00 bits per heavy atom. The second-order valence-corrected chi connectivity index (χ2v) is 6.86. The first-order valence-electron chi connectivity index (χ1n) is 7.61. The maximum absolute atomic E-state index is 12.8. The minimum Gasteiger partial charge on any atom is -0.344 e. The number of carbonyl (C=O) groups excluding carboxylic acids is 1. The van der Waals surface area contributed by atoms with E-state index in [0.717, 1.165) is 43.8 Å². The Bertz CT molecular complexity index is 754. The highest BCUT2D eigenvalue weighted by molar-refractivity contribution is 5.76. The fourth-order valence-corrected chi connectivity index (χ4v) is 4.09. The van der Waals surface area contributed by atoms with E-state index in [4.69, 9.17) is 0 Å². The van der Waals surface area contributed by atoms with E-state index in [1.807, 2.05) is 4.57 Å². The lowest BCUT2D eigenvalue weighted by atomic mass is 9.58. The molecule has 2 fully saturated rings. The van der Waals surface area contributed by atoms with Crippen molar-refractivity contribution in [3.05, 3.63) is 30.1 Å². The summed E-state index contributed by atoms with van der Waals surface area (Å²) in [6.07, 6.45) is 0.307. The van der Waals surface area contributed by atoms with Gasteiger partial charge in [0.1, 0.15) is 11.3 Å². The van der Waals surface area contributed by atoms with Crippen molar-refractivity contribution in [2.75, 3.05) is 13.1 Å². The summed E-state index contributed by atoms with van der Waals surface area (Å²) in [5, 5.41) is 0.725. The first-order valence-corrected chi connectivity index (χ1v) is 7.61. The third-order valence-electron chi connectivity index (χ3n) is 5.03. The standard InChI is InChI=1S/C16H16F3N3O/c17-16(18,19)13-2-1-12-3-4-22(14(12)20-13)7-11-5-15(6-11)8-21(9-15)10-23/h1-4,10-11H,5-9H2. The topological polar surface area (TPSA) is 38.1 Å². The molecule has 3 heterocycles. The number of alkyl halides is 3. The molecule has 4 nitrogen and oxygen atoms in total. The predicted octanol–water partition coefficient (Wildman–Crippen LogP) is 2.92. The van der Waals surface area contributed by atoms with Crippen molar-refractivity contribution in [2.45, 2.75) is 25.6 Å². The van der Waals surface area contributed by atoms with E-state index in [9.17, 15) is 18.0 Å². The van der Waals surface area contributed by atoms with Crippen LogP contribution in [0.1, 0.15) is 18.5 Å². The van der Waals surface area contributed by atoms with Gasteiger partial charge in [0.15, 0.2) is 0 Å². The summed E-state index contributed by atoms with van der Waals surface area (Å²) in [6.45, 7) is 2.31. The van der Waals surface area contributed by atoms with Gasteiger partial charge in [0.25, 0.3) is 0 Å². The van der Waals surface area contributed by atoms with E-state index in [2.05, 4.69) is 4.98 Å². The molecule has 4 rings (SSSR count). The molecule has 0 aromatic carbocycles. The summed E-state index contributed by atoms with van der Waals surface area (Å²) in [6, 6.07) is 4.29. The summed E-state index contributed by atoms with van der Waals surface area (Å²) < 4.78 is 40.3. The number of amides is 1. The first-order chi connectivity index (χ1) is 10.9. The number of hydrogen-bond donors (Lipinski definition) is 0. The summed E-state index contributed by atoms with van der Waals surface area (Å²) in [7, 11) is 0. The highest BCUT2D eigenvalue weighted by Crippen LogP contribution is 2.52. The first kappa shape index (κ1) is 14.5. The summed E-state index contributed by atoms with van der Waals surface area (Å²) in [5.41, 5.74) is -0.196. The third-order valence-corrected chi connectivity index (χ3v) is 5.03. The molecule has 0 radical (unpaired) electrons. The van der Waals surface area contributed by atoms with Crippen molar-refractivity contribution in [1.29, 1.82) is 0 Å². The Balaban J connectivity index is 1.49. The second kappa shape index (κ2) is 4.72. The lowest BCUT2D eigenvalue weighted by Gasteiger charge is -2.58. The largest absolute Gasteiger partial charge is 0.433 e. The number of carbonyl (C=O) groups is 1. The number of aromatic nitrogens is 2. The van der Waals surface area contributed by atoms with Crippen LogP contribution in [0.15, 0.2) is 24.4 Å². The van der Waals surface area contributed by atoms with Crippen molar-refractivity contribution in [1.82, 2.24) is 14.5 Å². The molecule has 1 aliphatic heterocycles. The molecule has 7 heteroatoms. The highest BCUT2D eigenvalue weighted by atomic mass is 19.4. The molecule has 122 valence electrons. The molecule has 2 aromatic heterocycles. The van der Waals surface area contributed by atoms with Gasteiger partial charge in [0.05, 0.1) is 0 Å². The van der Waals surface area contributed by atoms with Crippen LogP contribution in [0.2, 0.25) is 0 Å². The van der Waals surface area contributed by atoms with Crippen molar-refractivity contribution < 1.29 is 18.0 Å². The van der Waals surface area contributed by atoms with Crippen LogP contribution in [0.25, 0.3) is 11.0 Å². The molecule has 1 saturated heterocycles. The molecule has 2 aromatic rings. The van der Waals surface area contributed by atoms with Crippen LogP contribution in [-0.2, 0) is 17.5 Å². The predicted molar refractivity (Wildman–Crippen MR) is 77.5 cm³/mol. The lowest BCUT2D eigenvalue weighted by molar-refractivity contribution is -0.142. The van der Waals surface area contributed by atoms with Crippen LogP contribution in [0.5, 0.6) is 0 Å². The number of likely N-dealkylation sites (tertiary alicyclic amines) is 1. The van der Waals surface area contributed by atoms with Crippen LogP contribution >= 0.6 is 0 Å². The van der Waals surface area contributed by atoms with Gasteiger partial charge in [-0.25, -0.2) is 4.98 Å². The van der Waals surface area contributed by atoms with E-state index < -0.39 is 11.9 Å². The number of pyridine rings is 1. The average Bonchev–Trinajstić information content (AvgIpc) is 2.81. The molecule has 1 spiro atoms. The molecule has 2 aliphatic rings. The van der Waals surface area contributed by atoms with Crippen LogP contribution in [0, 0.1) is 11.3 Å². The van der Waals surface area contributed by atoms with Crippen molar-refractivity contribution in [3.8, 4) is 0 Å². The minimum absolute atomic E-state index is 0.263. The monoisotopic (exact) mass is 323 g/mol. The Kier molecular flexibility index (Phi) is 2.98. The smallest absolute Gasteiger partial charge is 0.344 e. The van der Waals surface area contributed by atoms with E-state index in [-0.39, 0.29) is 5.41 Å². The number of rotatable bonds is 3. The molecule has 0 bridgehead atoms. The fraction of sp³-hybridized carbons (Fsp3) is 0.500. The van der Waals surface area contributed by atoms with Crippen LogP contribution < -0.4 is 0 Å². The molecular weight excluding hydrogens is 307 g/mol. The Morgan fingerprint density at radius 3 is 2.65 bits per heavy atom. The highest BCUT2D eigenvalue weighted by Gasteiger charge is 2.51. The van der Waals surface area contributed by atoms with Gasteiger partial charge in [-0.05, 0) is 37.0 Å².